The number of hydrogen-bond donors (Lipinski definition) is 1. The normalized spacial score (nSPS) is 19.9. The number of nitrogens with zero attached hydrogens (tertiary/aromatic N) is 3. The fraction of sp³-hybridized carbons (Fsp3) is 0.500. The van der Waals surface area contributed by atoms with Crippen molar-refractivity contribution in [3.63, 3.8) is 0 Å². The molecule has 1 aliphatic heterocycles. The number of carboxylic acid groups (broad SMARTS) is 1. The molecule has 0 bridgehead atoms. The summed E-state index contributed by atoms with van der Waals surface area (Å²) in [5.41, 5.74) is -1.61. The SMILES string of the molecule is CC(C)(C)/C=N/C1CCN(c2c(F)cc3c(=O)c(C(=O)O)cn(C4CC4)c3c2F)C1. The van der Waals surface area contributed by atoms with Crippen LogP contribution >= 0.6 is 0 Å². The fourth-order valence-electron chi connectivity index (χ4n) is 3.91. The zero-order valence-corrected chi connectivity index (χ0v) is 17.3. The van der Waals surface area contributed by atoms with E-state index in [-0.39, 0.29) is 34.1 Å². The van der Waals surface area contributed by atoms with E-state index in [2.05, 4.69) is 4.99 Å². The molecule has 2 aromatic rings. The Morgan fingerprint density at radius 1 is 1.27 bits per heavy atom. The minimum absolute atomic E-state index is 0.0226. The Kier molecular flexibility index (Phi) is 4.91. The van der Waals surface area contributed by atoms with E-state index in [1.807, 2.05) is 27.0 Å². The standard InChI is InChI=1S/C22H25F2N3O3/c1-22(2,3)11-25-12-6-7-26(9-12)19-16(23)8-14-18(17(19)24)27(13-4-5-13)10-15(20(14)28)21(29)30/h8,10-13H,4-7,9H2,1-3H3,(H,29,30)/b25-11+. The van der Waals surface area contributed by atoms with Crippen LogP contribution in [0.1, 0.15) is 56.4 Å². The Morgan fingerprint density at radius 2 is 1.97 bits per heavy atom. The third-order valence-electron chi connectivity index (χ3n) is 5.51. The lowest BCUT2D eigenvalue weighted by atomic mass is 9.99. The van der Waals surface area contributed by atoms with Crippen molar-refractivity contribution in [2.75, 3.05) is 18.0 Å². The van der Waals surface area contributed by atoms with Crippen molar-refractivity contribution in [2.45, 2.75) is 52.1 Å². The first-order chi connectivity index (χ1) is 14.1. The van der Waals surface area contributed by atoms with Gasteiger partial charge in [0.2, 0.25) is 5.43 Å². The molecule has 30 heavy (non-hydrogen) atoms. The lowest BCUT2D eigenvalue weighted by Crippen LogP contribution is -2.25. The lowest BCUT2D eigenvalue weighted by Gasteiger charge is -2.22. The molecule has 0 amide bonds. The van der Waals surface area contributed by atoms with Crippen LogP contribution in [0.15, 0.2) is 22.1 Å². The summed E-state index contributed by atoms with van der Waals surface area (Å²) in [6, 6.07) is 0.841. The van der Waals surface area contributed by atoms with Gasteiger partial charge in [-0.05, 0) is 30.7 Å². The predicted molar refractivity (Wildman–Crippen MR) is 112 cm³/mol. The Bertz CT molecular complexity index is 1110. The Morgan fingerprint density at radius 3 is 2.57 bits per heavy atom. The van der Waals surface area contributed by atoms with Gasteiger partial charge in [0, 0.05) is 31.5 Å². The molecule has 1 aliphatic carbocycles. The van der Waals surface area contributed by atoms with Crippen LogP contribution in [0.5, 0.6) is 0 Å². The second kappa shape index (κ2) is 7.18. The second-order valence-electron chi connectivity index (χ2n) is 9.27. The first kappa shape index (κ1) is 20.5. The first-order valence-corrected chi connectivity index (χ1v) is 10.2. The zero-order valence-electron chi connectivity index (χ0n) is 17.3. The van der Waals surface area contributed by atoms with Crippen LogP contribution in [-0.4, -0.2) is 41.0 Å². The summed E-state index contributed by atoms with van der Waals surface area (Å²) in [4.78, 5) is 30.2. The van der Waals surface area contributed by atoms with Gasteiger partial charge in [-0.15, -0.1) is 0 Å². The van der Waals surface area contributed by atoms with Crippen LogP contribution < -0.4 is 10.3 Å². The third-order valence-corrected chi connectivity index (χ3v) is 5.51. The minimum Gasteiger partial charge on any atom is -0.477 e. The zero-order chi connectivity index (χ0) is 21.8. The quantitative estimate of drug-likeness (QED) is 0.763. The molecular formula is C22H25F2N3O3. The fourth-order valence-corrected chi connectivity index (χ4v) is 3.91. The van der Waals surface area contributed by atoms with Gasteiger partial charge in [0.25, 0.3) is 0 Å². The number of hydrogen-bond acceptors (Lipinski definition) is 4. The molecular weight excluding hydrogens is 392 g/mol. The number of anilines is 1. The van der Waals surface area contributed by atoms with Crippen LogP contribution in [-0.2, 0) is 0 Å². The molecule has 160 valence electrons. The summed E-state index contributed by atoms with van der Waals surface area (Å²) in [5.74, 6) is -3.07. The molecule has 2 aliphatic rings. The van der Waals surface area contributed by atoms with E-state index in [9.17, 15) is 19.1 Å². The van der Waals surface area contributed by atoms with Gasteiger partial charge >= 0.3 is 5.97 Å². The second-order valence-corrected chi connectivity index (χ2v) is 9.27. The number of carbonyl (C=O) groups is 1. The maximum atomic E-state index is 15.6. The Labute approximate surface area is 172 Å². The molecule has 1 unspecified atom stereocenters. The van der Waals surface area contributed by atoms with Gasteiger partial charge in [-0.2, -0.15) is 0 Å². The van der Waals surface area contributed by atoms with Gasteiger partial charge in [-0.1, -0.05) is 20.8 Å². The van der Waals surface area contributed by atoms with Crippen LogP contribution in [0, 0.1) is 17.0 Å². The summed E-state index contributed by atoms with van der Waals surface area (Å²) in [6.45, 7) is 6.94. The summed E-state index contributed by atoms with van der Waals surface area (Å²) in [5, 5.41) is 9.10. The lowest BCUT2D eigenvalue weighted by molar-refractivity contribution is 0.0694. The number of aliphatic imine (C=N–C) groups is 1. The molecule has 1 saturated carbocycles. The molecule has 0 radical (unpaired) electrons. The Balaban J connectivity index is 1.80. The number of halogens is 2. The van der Waals surface area contributed by atoms with Crippen molar-refractivity contribution in [3.05, 3.63) is 39.7 Å². The average molecular weight is 417 g/mol. The number of pyridine rings is 1. The molecule has 4 rings (SSSR count). The molecule has 1 atom stereocenters. The molecule has 8 heteroatoms. The van der Waals surface area contributed by atoms with Crippen LogP contribution in [0.3, 0.4) is 0 Å². The molecule has 1 aromatic heterocycles. The molecule has 1 saturated heterocycles. The van der Waals surface area contributed by atoms with Gasteiger partial charge in [-0.25, -0.2) is 13.6 Å². The van der Waals surface area contributed by atoms with E-state index in [0.717, 1.165) is 18.9 Å². The van der Waals surface area contributed by atoms with Crippen molar-refractivity contribution in [3.8, 4) is 0 Å². The number of aromatic nitrogens is 1. The maximum Gasteiger partial charge on any atom is 0.341 e. The van der Waals surface area contributed by atoms with E-state index >= 15 is 4.39 Å². The van der Waals surface area contributed by atoms with Gasteiger partial charge in [-0.3, -0.25) is 9.79 Å². The summed E-state index contributed by atoms with van der Waals surface area (Å²) in [7, 11) is 0. The highest BCUT2D eigenvalue weighted by atomic mass is 19.1. The summed E-state index contributed by atoms with van der Waals surface area (Å²) < 4.78 is 32.1. The van der Waals surface area contributed by atoms with Crippen LogP contribution in [0.4, 0.5) is 14.5 Å². The van der Waals surface area contributed by atoms with Crippen LogP contribution in [0.2, 0.25) is 0 Å². The maximum absolute atomic E-state index is 15.6. The van der Waals surface area contributed by atoms with Gasteiger partial charge < -0.3 is 14.6 Å². The number of aromatic carboxylic acids is 1. The van der Waals surface area contributed by atoms with E-state index in [4.69, 9.17) is 0 Å². The summed E-state index contributed by atoms with van der Waals surface area (Å²) in [6.07, 6.45) is 5.26. The topological polar surface area (TPSA) is 74.9 Å². The highest BCUT2D eigenvalue weighted by Gasteiger charge is 2.32. The first-order valence-electron chi connectivity index (χ1n) is 10.2. The van der Waals surface area contributed by atoms with Crippen molar-refractivity contribution >= 4 is 28.8 Å². The van der Waals surface area contributed by atoms with E-state index in [1.54, 1.807) is 4.90 Å². The monoisotopic (exact) mass is 417 g/mol. The molecule has 6 nitrogen and oxygen atoms in total. The molecule has 1 N–H and O–H groups in total. The van der Waals surface area contributed by atoms with Crippen molar-refractivity contribution in [2.24, 2.45) is 10.4 Å². The highest BCUT2D eigenvalue weighted by Crippen LogP contribution is 2.40. The average Bonchev–Trinajstić information content (AvgIpc) is 3.39. The molecule has 1 aromatic carbocycles. The minimum atomic E-state index is -1.40. The largest absolute Gasteiger partial charge is 0.477 e. The molecule has 2 heterocycles. The number of rotatable bonds is 4. The van der Waals surface area contributed by atoms with Crippen LogP contribution in [0.25, 0.3) is 10.9 Å². The summed E-state index contributed by atoms with van der Waals surface area (Å²) >= 11 is 0. The van der Waals surface area contributed by atoms with Crippen molar-refractivity contribution in [1.29, 1.82) is 0 Å². The van der Waals surface area contributed by atoms with Gasteiger partial charge in [0.05, 0.1) is 16.9 Å². The number of benzene rings is 1. The van der Waals surface area contributed by atoms with E-state index in [0.29, 0.717) is 19.5 Å². The van der Waals surface area contributed by atoms with Gasteiger partial charge in [0.15, 0.2) is 5.82 Å². The number of carboxylic acids is 1. The third kappa shape index (κ3) is 3.70. The Hall–Kier alpha value is -2.77. The predicted octanol–water partition coefficient (Wildman–Crippen LogP) is 4.01. The number of fused-ring (bicyclic) bond motifs is 1. The van der Waals surface area contributed by atoms with E-state index in [1.165, 1.54) is 10.8 Å². The smallest absolute Gasteiger partial charge is 0.341 e. The molecule has 0 spiro atoms. The molecule has 2 fully saturated rings. The highest BCUT2D eigenvalue weighted by molar-refractivity contribution is 5.94. The van der Waals surface area contributed by atoms with Crippen molar-refractivity contribution in [1.82, 2.24) is 4.57 Å². The van der Waals surface area contributed by atoms with Gasteiger partial charge in [0.1, 0.15) is 17.1 Å². The van der Waals surface area contributed by atoms with Crippen molar-refractivity contribution < 1.29 is 18.7 Å². The van der Waals surface area contributed by atoms with E-state index < -0.39 is 28.6 Å².